The average Bonchev–Trinajstić information content (AvgIpc) is 2.89. The highest BCUT2D eigenvalue weighted by atomic mass is 16.5. The van der Waals surface area contributed by atoms with Gasteiger partial charge in [0.1, 0.15) is 18.5 Å². The van der Waals surface area contributed by atoms with Crippen LogP contribution in [0.4, 0.5) is 0 Å². The number of rotatable bonds is 8. The second-order valence-electron chi connectivity index (χ2n) is 9.70. The lowest BCUT2D eigenvalue weighted by atomic mass is 9.85. The normalized spacial score (nSPS) is 21.7. The third kappa shape index (κ3) is 4.95. The number of fused-ring (bicyclic) bond motifs is 1. The van der Waals surface area contributed by atoms with Crippen LogP contribution in [0.1, 0.15) is 86.4 Å². The van der Waals surface area contributed by atoms with E-state index in [-0.39, 0.29) is 36.0 Å². The molecule has 0 bridgehead atoms. The van der Waals surface area contributed by atoms with Gasteiger partial charge in [0.15, 0.2) is 5.96 Å². The van der Waals surface area contributed by atoms with Gasteiger partial charge in [0, 0.05) is 16.7 Å². The van der Waals surface area contributed by atoms with Gasteiger partial charge in [-0.25, -0.2) is 0 Å². The van der Waals surface area contributed by atoms with Crippen LogP contribution >= 0.6 is 0 Å². The van der Waals surface area contributed by atoms with Crippen LogP contribution < -0.4 is 15.4 Å². The first-order chi connectivity index (χ1) is 17.3. The minimum Gasteiger partial charge on any atom is -0.490 e. The lowest BCUT2D eigenvalue weighted by molar-refractivity contribution is -0.132. The molecule has 0 radical (unpaired) electrons. The molecule has 2 aliphatic heterocycles. The van der Waals surface area contributed by atoms with E-state index in [2.05, 4.69) is 10.6 Å². The second kappa shape index (κ2) is 10.7. The predicted octanol–water partition coefficient (Wildman–Crippen LogP) is 4.07. The van der Waals surface area contributed by atoms with Crippen molar-refractivity contribution in [2.45, 2.75) is 76.6 Å². The van der Waals surface area contributed by atoms with Crippen LogP contribution in [0.5, 0.6) is 5.75 Å². The molecule has 2 heterocycles. The van der Waals surface area contributed by atoms with Crippen molar-refractivity contribution in [2.75, 3.05) is 6.61 Å². The minimum absolute atomic E-state index is 0.0716. The monoisotopic (exact) mass is 492 g/mol. The van der Waals surface area contributed by atoms with Gasteiger partial charge in [-0.3, -0.25) is 19.9 Å². The van der Waals surface area contributed by atoms with Crippen molar-refractivity contribution in [3.8, 4) is 5.75 Å². The number of amides is 2. The molecule has 8 nitrogen and oxygen atoms in total. The summed E-state index contributed by atoms with van der Waals surface area (Å²) in [6.45, 7) is 6.21. The van der Waals surface area contributed by atoms with Crippen molar-refractivity contribution < 1.29 is 19.4 Å². The molecule has 4 N–H and O–H groups in total. The summed E-state index contributed by atoms with van der Waals surface area (Å²) in [5, 5.41) is 25.4. The van der Waals surface area contributed by atoms with Gasteiger partial charge in [0.05, 0.1) is 18.5 Å². The average molecular weight is 493 g/mol. The molecule has 2 aromatic rings. The van der Waals surface area contributed by atoms with Crippen LogP contribution in [0, 0.1) is 5.41 Å². The maximum atomic E-state index is 13.3. The van der Waals surface area contributed by atoms with Crippen molar-refractivity contribution in [1.29, 1.82) is 5.41 Å². The summed E-state index contributed by atoms with van der Waals surface area (Å²) in [5.41, 5.74) is 1.59. The zero-order valence-electron chi connectivity index (χ0n) is 21.2. The maximum absolute atomic E-state index is 13.3. The minimum atomic E-state index is -0.866. The molecule has 3 unspecified atom stereocenters. The number of para-hydroxylation sites is 1. The Hall–Kier alpha value is -3.39. The fraction of sp³-hybridized carbons (Fsp3) is 0.464. The second-order valence-corrected chi connectivity index (χ2v) is 9.70. The van der Waals surface area contributed by atoms with Crippen molar-refractivity contribution in [1.82, 2.24) is 15.5 Å². The summed E-state index contributed by atoms with van der Waals surface area (Å²) >= 11 is 0. The van der Waals surface area contributed by atoms with Crippen molar-refractivity contribution >= 4 is 17.8 Å². The first-order valence-corrected chi connectivity index (χ1v) is 12.8. The van der Waals surface area contributed by atoms with Crippen LogP contribution in [-0.2, 0) is 4.79 Å². The Labute approximate surface area is 212 Å². The fourth-order valence-electron chi connectivity index (χ4n) is 5.21. The maximum Gasteiger partial charge on any atom is 0.251 e. The zero-order chi connectivity index (χ0) is 25.9. The van der Waals surface area contributed by atoms with Crippen LogP contribution in [0.3, 0.4) is 0 Å². The number of nitrogens with zero attached hydrogens (tertiary/aromatic N) is 1. The smallest absolute Gasteiger partial charge is 0.251 e. The molecule has 2 amide bonds. The lowest BCUT2D eigenvalue weighted by Crippen LogP contribution is -2.62. The standard InChI is InChI=1S/C28H36N4O4/c1-4-10-21(32-24(34)16-28(5-2,6-3)31-27(32)29)18-11-9-12-19(15-18)26(35)30-25-20-13-7-8-14-23(20)36-17-22(25)33/h7-9,11-15,21-22,25,33H,4-6,10,16-17H2,1-3H3,(H2,29,31)(H,30,35). The van der Waals surface area contributed by atoms with E-state index < -0.39 is 12.1 Å². The van der Waals surface area contributed by atoms with E-state index in [1.807, 2.05) is 51.1 Å². The van der Waals surface area contributed by atoms with E-state index in [9.17, 15) is 14.7 Å². The van der Waals surface area contributed by atoms with E-state index in [0.29, 0.717) is 24.2 Å². The van der Waals surface area contributed by atoms with Crippen LogP contribution in [0.2, 0.25) is 0 Å². The number of hydrogen-bond acceptors (Lipinski definition) is 5. The first-order valence-electron chi connectivity index (χ1n) is 12.8. The lowest BCUT2D eigenvalue weighted by Gasteiger charge is -2.45. The van der Waals surface area contributed by atoms with Crippen molar-refractivity contribution in [2.24, 2.45) is 0 Å². The number of hydrogen-bond donors (Lipinski definition) is 4. The molecule has 36 heavy (non-hydrogen) atoms. The summed E-state index contributed by atoms with van der Waals surface area (Å²) in [7, 11) is 0. The van der Waals surface area contributed by atoms with Gasteiger partial charge >= 0.3 is 0 Å². The molecular formula is C28H36N4O4. The van der Waals surface area contributed by atoms with Crippen LogP contribution in [-0.4, -0.2) is 46.0 Å². The number of aliphatic hydroxyl groups is 1. The summed E-state index contributed by atoms with van der Waals surface area (Å²) in [5.74, 6) is 0.375. The van der Waals surface area contributed by atoms with E-state index in [1.54, 1.807) is 23.1 Å². The number of nitrogens with one attached hydrogen (secondary N) is 3. The van der Waals surface area contributed by atoms with E-state index in [0.717, 1.165) is 30.4 Å². The summed E-state index contributed by atoms with van der Waals surface area (Å²) in [6, 6.07) is 13.6. The summed E-state index contributed by atoms with van der Waals surface area (Å²) < 4.78 is 5.58. The Morgan fingerprint density at radius 2 is 1.97 bits per heavy atom. The van der Waals surface area contributed by atoms with Gasteiger partial charge in [-0.2, -0.15) is 0 Å². The molecule has 0 aromatic heterocycles. The highest BCUT2D eigenvalue weighted by Crippen LogP contribution is 2.34. The van der Waals surface area contributed by atoms with E-state index >= 15 is 0 Å². The highest BCUT2D eigenvalue weighted by molar-refractivity contribution is 6.00. The Morgan fingerprint density at radius 3 is 2.67 bits per heavy atom. The molecule has 1 fully saturated rings. The first kappa shape index (κ1) is 25.7. The number of carbonyl (C=O) groups is 2. The summed E-state index contributed by atoms with van der Waals surface area (Å²) in [4.78, 5) is 28.1. The SMILES string of the molecule is CCCC(c1cccc(C(=O)NC2c3ccccc3OCC2O)c1)N1C(=N)NC(CC)(CC)CC1=O. The number of guanidine groups is 1. The number of aliphatic hydroxyl groups excluding tert-OH is 1. The number of ether oxygens (including phenoxy) is 1. The van der Waals surface area contributed by atoms with Gasteiger partial charge in [-0.1, -0.05) is 57.5 Å². The number of carbonyl (C=O) groups excluding carboxylic acids is 2. The quantitative estimate of drug-likeness (QED) is 0.444. The van der Waals surface area contributed by atoms with Crippen molar-refractivity contribution in [3.05, 3.63) is 65.2 Å². The molecule has 4 rings (SSSR count). The largest absolute Gasteiger partial charge is 0.490 e. The van der Waals surface area contributed by atoms with Gasteiger partial charge < -0.3 is 20.5 Å². The van der Waals surface area contributed by atoms with Crippen LogP contribution in [0.15, 0.2) is 48.5 Å². The molecule has 8 heteroatoms. The third-order valence-electron chi connectivity index (χ3n) is 7.48. The molecule has 0 saturated carbocycles. The Kier molecular flexibility index (Phi) is 7.64. The van der Waals surface area contributed by atoms with Gasteiger partial charge in [-0.05, 0) is 43.0 Å². The predicted molar refractivity (Wildman–Crippen MR) is 138 cm³/mol. The molecular weight excluding hydrogens is 456 g/mol. The Morgan fingerprint density at radius 1 is 1.22 bits per heavy atom. The van der Waals surface area contributed by atoms with E-state index in [4.69, 9.17) is 10.1 Å². The van der Waals surface area contributed by atoms with Crippen molar-refractivity contribution in [3.63, 3.8) is 0 Å². The molecule has 1 saturated heterocycles. The topological polar surface area (TPSA) is 115 Å². The van der Waals surface area contributed by atoms with E-state index in [1.165, 1.54) is 0 Å². The molecule has 0 spiro atoms. The zero-order valence-corrected chi connectivity index (χ0v) is 21.2. The van der Waals surface area contributed by atoms with Crippen LogP contribution in [0.25, 0.3) is 0 Å². The molecule has 2 aliphatic rings. The Balaban J connectivity index is 1.58. The molecule has 2 aromatic carbocycles. The molecule has 3 atom stereocenters. The number of benzene rings is 2. The molecule has 192 valence electrons. The highest BCUT2D eigenvalue weighted by Gasteiger charge is 2.42. The Bertz CT molecular complexity index is 1110. The molecule has 0 aliphatic carbocycles. The van der Waals surface area contributed by atoms with Gasteiger partial charge in [-0.15, -0.1) is 0 Å². The van der Waals surface area contributed by atoms with Gasteiger partial charge in [0.2, 0.25) is 5.91 Å². The third-order valence-corrected chi connectivity index (χ3v) is 7.48. The van der Waals surface area contributed by atoms with Gasteiger partial charge in [0.25, 0.3) is 5.91 Å². The fourth-order valence-corrected chi connectivity index (χ4v) is 5.21. The summed E-state index contributed by atoms with van der Waals surface area (Å²) in [6.07, 6.45) is 2.48.